The Morgan fingerprint density at radius 2 is 2.05 bits per heavy atom. The lowest BCUT2D eigenvalue weighted by molar-refractivity contribution is 0.325. The zero-order valence-corrected chi connectivity index (χ0v) is 12.4. The fourth-order valence-corrected chi connectivity index (χ4v) is 2.50. The van der Waals surface area contributed by atoms with Crippen LogP contribution in [0, 0.1) is 6.92 Å². The van der Waals surface area contributed by atoms with Gasteiger partial charge in [-0.25, -0.2) is 4.98 Å². The third-order valence-corrected chi connectivity index (χ3v) is 3.48. The van der Waals surface area contributed by atoms with Crippen molar-refractivity contribution in [1.82, 2.24) is 15.3 Å². The quantitative estimate of drug-likeness (QED) is 0.883. The van der Waals surface area contributed by atoms with Crippen molar-refractivity contribution >= 4 is 5.82 Å². The number of anilines is 1. The molecule has 1 aliphatic heterocycles. The van der Waals surface area contributed by atoms with Crippen LogP contribution < -0.4 is 15.4 Å². The third-order valence-electron chi connectivity index (χ3n) is 3.48. The molecule has 1 aliphatic rings. The minimum Gasteiger partial charge on any atom is -0.478 e. The minimum atomic E-state index is 0.605. The third kappa shape index (κ3) is 3.31. The van der Waals surface area contributed by atoms with E-state index in [2.05, 4.69) is 38.8 Å². The highest BCUT2D eigenvalue weighted by Crippen LogP contribution is 2.18. The first-order valence-corrected chi connectivity index (χ1v) is 7.28. The standard InChI is InChI=1S/C16H20N4O/c1-3-21-16-7-15(19-11(2)20-16)18-8-12-4-5-13-9-17-10-14(13)6-12/h4-7,17H,3,8-10H2,1-2H3,(H,18,19,20). The van der Waals surface area contributed by atoms with E-state index in [4.69, 9.17) is 4.74 Å². The van der Waals surface area contributed by atoms with Crippen LogP contribution in [0.25, 0.3) is 0 Å². The molecule has 1 aromatic heterocycles. The molecule has 0 atom stereocenters. The topological polar surface area (TPSA) is 59.1 Å². The van der Waals surface area contributed by atoms with Crippen LogP contribution in [-0.4, -0.2) is 16.6 Å². The van der Waals surface area contributed by atoms with E-state index in [1.807, 2.05) is 19.9 Å². The number of nitrogens with one attached hydrogen (secondary N) is 2. The summed E-state index contributed by atoms with van der Waals surface area (Å²) in [6.45, 7) is 7.11. The van der Waals surface area contributed by atoms with Crippen molar-refractivity contribution < 1.29 is 4.74 Å². The molecule has 3 rings (SSSR count). The first kappa shape index (κ1) is 13.8. The summed E-state index contributed by atoms with van der Waals surface area (Å²) in [5.41, 5.74) is 4.05. The van der Waals surface area contributed by atoms with Gasteiger partial charge in [0.05, 0.1) is 6.61 Å². The van der Waals surface area contributed by atoms with Gasteiger partial charge in [-0.15, -0.1) is 0 Å². The monoisotopic (exact) mass is 284 g/mol. The second-order valence-corrected chi connectivity index (χ2v) is 5.13. The van der Waals surface area contributed by atoms with Crippen LogP contribution in [0.3, 0.4) is 0 Å². The molecule has 21 heavy (non-hydrogen) atoms. The zero-order valence-electron chi connectivity index (χ0n) is 12.4. The lowest BCUT2D eigenvalue weighted by atomic mass is 10.1. The lowest BCUT2D eigenvalue weighted by Gasteiger charge is -2.09. The number of benzene rings is 1. The molecule has 0 fully saturated rings. The van der Waals surface area contributed by atoms with Gasteiger partial charge in [-0.2, -0.15) is 4.98 Å². The van der Waals surface area contributed by atoms with Crippen molar-refractivity contribution in [2.75, 3.05) is 11.9 Å². The molecule has 0 spiro atoms. The van der Waals surface area contributed by atoms with Crippen LogP contribution in [0.2, 0.25) is 0 Å². The highest BCUT2D eigenvalue weighted by Gasteiger charge is 2.10. The molecule has 5 nitrogen and oxygen atoms in total. The number of aromatic nitrogens is 2. The highest BCUT2D eigenvalue weighted by molar-refractivity contribution is 5.41. The van der Waals surface area contributed by atoms with E-state index in [1.165, 1.54) is 16.7 Å². The smallest absolute Gasteiger partial charge is 0.218 e. The van der Waals surface area contributed by atoms with Crippen LogP contribution >= 0.6 is 0 Å². The molecule has 5 heteroatoms. The Balaban J connectivity index is 1.69. The SMILES string of the molecule is CCOc1cc(NCc2ccc3c(c2)CNC3)nc(C)n1. The summed E-state index contributed by atoms with van der Waals surface area (Å²) >= 11 is 0. The Labute approximate surface area is 124 Å². The van der Waals surface area contributed by atoms with E-state index in [-0.39, 0.29) is 0 Å². The van der Waals surface area contributed by atoms with Crippen molar-refractivity contribution in [1.29, 1.82) is 0 Å². The summed E-state index contributed by atoms with van der Waals surface area (Å²) in [6, 6.07) is 8.45. The van der Waals surface area contributed by atoms with Crippen LogP contribution in [0.15, 0.2) is 24.3 Å². The van der Waals surface area contributed by atoms with E-state index in [0.717, 1.165) is 25.5 Å². The molecule has 0 saturated heterocycles. The first-order valence-electron chi connectivity index (χ1n) is 7.28. The van der Waals surface area contributed by atoms with Gasteiger partial charge in [0.25, 0.3) is 0 Å². The van der Waals surface area contributed by atoms with Gasteiger partial charge < -0.3 is 15.4 Å². The van der Waals surface area contributed by atoms with E-state index in [1.54, 1.807) is 0 Å². The molecular weight excluding hydrogens is 264 g/mol. The summed E-state index contributed by atoms with van der Waals surface area (Å²) in [6.07, 6.45) is 0. The summed E-state index contributed by atoms with van der Waals surface area (Å²) in [5, 5.41) is 6.70. The molecule has 110 valence electrons. The number of rotatable bonds is 5. The van der Waals surface area contributed by atoms with Gasteiger partial charge in [0, 0.05) is 25.7 Å². The number of ether oxygens (including phenoxy) is 1. The Morgan fingerprint density at radius 1 is 1.19 bits per heavy atom. The molecule has 0 amide bonds. The summed E-state index contributed by atoms with van der Waals surface area (Å²) in [4.78, 5) is 8.63. The van der Waals surface area contributed by atoms with Gasteiger partial charge in [-0.1, -0.05) is 18.2 Å². The Morgan fingerprint density at radius 3 is 2.90 bits per heavy atom. The Bertz CT molecular complexity index is 642. The van der Waals surface area contributed by atoms with Gasteiger partial charge in [-0.3, -0.25) is 0 Å². The van der Waals surface area contributed by atoms with Gasteiger partial charge in [0.15, 0.2) is 0 Å². The minimum absolute atomic E-state index is 0.605. The van der Waals surface area contributed by atoms with Crippen molar-refractivity contribution in [3.05, 3.63) is 46.8 Å². The predicted octanol–water partition coefficient (Wildman–Crippen LogP) is 2.40. The average Bonchev–Trinajstić information content (AvgIpc) is 2.92. The molecule has 1 aromatic carbocycles. The number of hydrogen-bond donors (Lipinski definition) is 2. The van der Waals surface area contributed by atoms with Crippen molar-refractivity contribution in [3.8, 4) is 5.88 Å². The van der Waals surface area contributed by atoms with Gasteiger partial charge >= 0.3 is 0 Å². The fraction of sp³-hybridized carbons (Fsp3) is 0.375. The average molecular weight is 284 g/mol. The zero-order chi connectivity index (χ0) is 14.7. The van der Waals surface area contributed by atoms with E-state index in [0.29, 0.717) is 18.3 Å². The maximum atomic E-state index is 5.44. The van der Waals surface area contributed by atoms with Crippen LogP contribution in [-0.2, 0) is 19.6 Å². The Kier molecular flexibility index (Phi) is 4.01. The Hall–Kier alpha value is -2.14. The normalized spacial score (nSPS) is 13.0. The summed E-state index contributed by atoms with van der Waals surface area (Å²) < 4.78 is 5.44. The number of nitrogens with zero attached hydrogens (tertiary/aromatic N) is 2. The second kappa shape index (κ2) is 6.10. The molecule has 2 heterocycles. The molecule has 2 aromatic rings. The first-order chi connectivity index (χ1) is 10.2. The molecular formula is C16H20N4O. The number of aryl methyl sites for hydroxylation is 1. The van der Waals surface area contributed by atoms with Crippen molar-refractivity contribution in [2.24, 2.45) is 0 Å². The largest absolute Gasteiger partial charge is 0.478 e. The molecule has 0 bridgehead atoms. The maximum Gasteiger partial charge on any atom is 0.218 e. The van der Waals surface area contributed by atoms with E-state index >= 15 is 0 Å². The summed E-state index contributed by atoms with van der Waals surface area (Å²) in [7, 11) is 0. The fourth-order valence-electron chi connectivity index (χ4n) is 2.50. The molecule has 0 unspecified atom stereocenters. The predicted molar refractivity (Wildman–Crippen MR) is 82.3 cm³/mol. The van der Waals surface area contributed by atoms with Crippen molar-refractivity contribution in [2.45, 2.75) is 33.5 Å². The number of fused-ring (bicyclic) bond motifs is 1. The van der Waals surface area contributed by atoms with E-state index < -0.39 is 0 Å². The lowest BCUT2D eigenvalue weighted by Crippen LogP contribution is -2.05. The van der Waals surface area contributed by atoms with E-state index in [9.17, 15) is 0 Å². The van der Waals surface area contributed by atoms with Crippen LogP contribution in [0.4, 0.5) is 5.82 Å². The van der Waals surface area contributed by atoms with Gasteiger partial charge in [0.2, 0.25) is 5.88 Å². The maximum absolute atomic E-state index is 5.44. The van der Waals surface area contributed by atoms with Gasteiger partial charge in [0.1, 0.15) is 11.6 Å². The molecule has 0 aliphatic carbocycles. The van der Waals surface area contributed by atoms with Gasteiger partial charge in [-0.05, 0) is 30.5 Å². The molecule has 0 saturated carbocycles. The molecule has 0 radical (unpaired) electrons. The summed E-state index contributed by atoms with van der Waals surface area (Å²) in [5.74, 6) is 2.12. The van der Waals surface area contributed by atoms with Crippen molar-refractivity contribution in [3.63, 3.8) is 0 Å². The van der Waals surface area contributed by atoms with Crippen LogP contribution in [0.5, 0.6) is 5.88 Å². The molecule has 2 N–H and O–H groups in total. The van der Waals surface area contributed by atoms with Crippen LogP contribution in [0.1, 0.15) is 29.4 Å². The number of hydrogen-bond acceptors (Lipinski definition) is 5. The second-order valence-electron chi connectivity index (χ2n) is 5.13. The highest BCUT2D eigenvalue weighted by atomic mass is 16.5.